The van der Waals surface area contributed by atoms with E-state index in [4.69, 9.17) is 28.4 Å². The van der Waals surface area contributed by atoms with E-state index in [1.165, 1.54) is 0 Å². The molecule has 10 heteroatoms. The molecule has 0 unspecified atom stereocenters. The summed E-state index contributed by atoms with van der Waals surface area (Å²) in [5.41, 5.74) is 0. The first-order chi connectivity index (χ1) is 26.7. The largest absolute Gasteiger partial charge is 0.482 e. The lowest BCUT2D eigenvalue weighted by molar-refractivity contribution is -0.136. The molecule has 1 fully saturated rings. The van der Waals surface area contributed by atoms with Gasteiger partial charge in [0.2, 0.25) is 0 Å². The standard InChI is InChI=1S/C44H46N2O8/c47-41(31-53-43-37-13-5-1-9-33(37)29-34-10-2-6-14-38(34)43)45-17-21-49-25-27-51-23-19-46(20-24-52-28-26-50-22-18-45)42(48)32-54-44-39-15-7-3-11-35(39)30-36-12-4-8-16-40(36)44/h1-16,29-30H,17-28,31-32H2. The van der Waals surface area contributed by atoms with Gasteiger partial charge < -0.3 is 38.2 Å². The van der Waals surface area contributed by atoms with Crippen molar-refractivity contribution in [3.05, 3.63) is 109 Å². The molecule has 0 saturated carbocycles. The van der Waals surface area contributed by atoms with Crippen LogP contribution in [-0.2, 0) is 28.5 Å². The van der Waals surface area contributed by atoms with Crippen molar-refractivity contribution in [2.45, 2.75) is 0 Å². The molecule has 6 aromatic rings. The third-order valence-electron chi connectivity index (χ3n) is 9.60. The van der Waals surface area contributed by atoms with Gasteiger partial charge in [-0.05, 0) is 33.7 Å². The quantitative estimate of drug-likeness (QED) is 0.180. The molecule has 1 aliphatic heterocycles. The maximum absolute atomic E-state index is 13.5. The number of nitrogens with zero attached hydrogens (tertiary/aromatic N) is 2. The van der Waals surface area contributed by atoms with Crippen molar-refractivity contribution in [3.63, 3.8) is 0 Å². The van der Waals surface area contributed by atoms with Crippen molar-refractivity contribution in [2.75, 3.05) is 92.2 Å². The van der Waals surface area contributed by atoms with Crippen LogP contribution in [0.1, 0.15) is 0 Å². The minimum atomic E-state index is -0.150. The second-order valence-electron chi connectivity index (χ2n) is 13.1. The molecular formula is C44H46N2O8. The zero-order valence-electron chi connectivity index (χ0n) is 30.5. The zero-order chi connectivity index (χ0) is 37.0. The first-order valence-corrected chi connectivity index (χ1v) is 18.6. The molecule has 7 rings (SSSR count). The second-order valence-corrected chi connectivity index (χ2v) is 13.1. The van der Waals surface area contributed by atoms with Gasteiger partial charge in [-0.25, -0.2) is 0 Å². The monoisotopic (exact) mass is 730 g/mol. The highest BCUT2D eigenvalue weighted by molar-refractivity contribution is 6.06. The molecule has 0 bridgehead atoms. The van der Waals surface area contributed by atoms with Crippen molar-refractivity contribution in [2.24, 2.45) is 0 Å². The molecule has 6 aromatic carbocycles. The average molecular weight is 731 g/mol. The summed E-state index contributed by atoms with van der Waals surface area (Å²) in [7, 11) is 0. The maximum atomic E-state index is 13.5. The molecule has 0 aromatic heterocycles. The maximum Gasteiger partial charge on any atom is 0.260 e. The number of rotatable bonds is 6. The number of ether oxygens (including phenoxy) is 6. The summed E-state index contributed by atoms with van der Waals surface area (Å²) < 4.78 is 35.9. The molecule has 0 atom stereocenters. The Morgan fingerprint density at radius 3 is 1.00 bits per heavy atom. The summed E-state index contributed by atoms with van der Waals surface area (Å²) in [6.07, 6.45) is 0. The molecular weight excluding hydrogens is 684 g/mol. The second kappa shape index (κ2) is 18.7. The van der Waals surface area contributed by atoms with Gasteiger partial charge in [-0.2, -0.15) is 0 Å². The molecule has 0 N–H and O–H groups in total. The summed E-state index contributed by atoms with van der Waals surface area (Å²) in [6, 6.07) is 36.4. The Kier molecular flexibility index (Phi) is 12.8. The molecule has 280 valence electrons. The fraction of sp³-hybridized carbons (Fsp3) is 0.318. The molecule has 10 nitrogen and oxygen atoms in total. The van der Waals surface area contributed by atoms with Crippen molar-refractivity contribution in [1.29, 1.82) is 0 Å². The van der Waals surface area contributed by atoms with Crippen LogP contribution in [0.4, 0.5) is 0 Å². The Hall–Kier alpha value is -5.26. The van der Waals surface area contributed by atoms with Gasteiger partial charge in [0.1, 0.15) is 11.5 Å². The first kappa shape index (κ1) is 37.1. The van der Waals surface area contributed by atoms with E-state index < -0.39 is 0 Å². The highest BCUT2D eigenvalue weighted by Crippen LogP contribution is 2.36. The first-order valence-electron chi connectivity index (χ1n) is 18.6. The number of fused-ring (bicyclic) bond motifs is 4. The van der Waals surface area contributed by atoms with Crippen LogP contribution in [0, 0.1) is 0 Å². The number of benzene rings is 6. The number of carbonyl (C=O) groups is 2. The van der Waals surface area contributed by atoms with Crippen LogP contribution in [0.5, 0.6) is 11.5 Å². The Balaban J connectivity index is 0.916. The van der Waals surface area contributed by atoms with Crippen molar-refractivity contribution in [1.82, 2.24) is 9.80 Å². The van der Waals surface area contributed by atoms with Gasteiger partial charge in [-0.15, -0.1) is 0 Å². The lowest BCUT2D eigenvalue weighted by Crippen LogP contribution is -2.40. The molecule has 1 aliphatic rings. The molecule has 0 aliphatic carbocycles. The average Bonchev–Trinajstić information content (AvgIpc) is 3.20. The van der Waals surface area contributed by atoms with Gasteiger partial charge in [0.25, 0.3) is 11.8 Å². The predicted molar refractivity (Wildman–Crippen MR) is 210 cm³/mol. The molecule has 0 radical (unpaired) electrons. The lowest BCUT2D eigenvalue weighted by atomic mass is 10.0. The van der Waals surface area contributed by atoms with Crippen LogP contribution in [0.3, 0.4) is 0 Å². The summed E-state index contributed by atoms with van der Waals surface area (Å²) in [4.78, 5) is 30.4. The summed E-state index contributed by atoms with van der Waals surface area (Å²) in [5, 5.41) is 8.08. The summed E-state index contributed by atoms with van der Waals surface area (Å²) >= 11 is 0. The van der Waals surface area contributed by atoms with E-state index >= 15 is 0 Å². The third kappa shape index (κ3) is 9.26. The summed E-state index contributed by atoms with van der Waals surface area (Å²) in [5.74, 6) is 1.10. The molecule has 1 saturated heterocycles. The number of hydrogen-bond donors (Lipinski definition) is 0. The number of amides is 2. The lowest BCUT2D eigenvalue weighted by Gasteiger charge is -2.24. The van der Waals surface area contributed by atoms with Crippen molar-refractivity contribution in [3.8, 4) is 11.5 Å². The Morgan fingerprint density at radius 1 is 0.426 bits per heavy atom. The van der Waals surface area contributed by atoms with Gasteiger partial charge in [0.15, 0.2) is 13.2 Å². The van der Waals surface area contributed by atoms with Crippen LogP contribution in [0.2, 0.25) is 0 Å². The molecule has 54 heavy (non-hydrogen) atoms. The third-order valence-corrected chi connectivity index (χ3v) is 9.60. The number of carbonyl (C=O) groups excluding carboxylic acids is 2. The van der Waals surface area contributed by atoms with E-state index in [0.717, 1.165) is 43.1 Å². The van der Waals surface area contributed by atoms with Crippen molar-refractivity contribution < 1.29 is 38.0 Å². The van der Waals surface area contributed by atoms with E-state index in [0.29, 0.717) is 90.5 Å². The van der Waals surface area contributed by atoms with Crippen LogP contribution in [0.15, 0.2) is 109 Å². The Bertz CT molecular complexity index is 1910. The van der Waals surface area contributed by atoms with Gasteiger partial charge in [-0.3, -0.25) is 9.59 Å². The normalized spacial score (nSPS) is 15.9. The number of hydrogen-bond acceptors (Lipinski definition) is 8. The van der Waals surface area contributed by atoms with E-state index in [1.807, 2.05) is 97.1 Å². The van der Waals surface area contributed by atoms with Crippen LogP contribution >= 0.6 is 0 Å². The topological polar surface area (TPSA) is 96.0 Å². The highest BCUT2D eigenvalue weighted by Gasteiger charge is 2.19. The highest BCUT2D eigenvalue weighted by atomic mass is 16.5. The smallest absolute Gasteiger partial charge is 0.260 e. The Labute approximate surface area is 315 Å². The SMILES string of the molecule is O=C(COc1c2ccccc2cc2ccccc12)N1CCOCCOCCN(C(=O)COc2c3ccccc3cc3ccccc23)CCOCCOCC1. The molecule has 1 heterocycles. The van der Waals surface area contributed by atoms with E-state index in [1.54, 1.807) is 9.80 Å². The molecule has 2 amide bonds. The van der Waals surface area contributed by atoms with Gasteiger partial charge >= 0.3 is 0 Å². The minimum absolute atomic E-state index is 0.108. The van der Waals surface area contributed by atoms with Crippen LogP contribution < -0.4 is 9.47 Å². The van der Waals surface area contributed by atoms with Gasteiger partial charge in [0.05, 0.1) is 52.9 Å². The van der Waals surface area contributed by atoms with E-state index in [-0.39, 0.29) is 25.0 Å². The van der Waals surface area contributed by atoms with Crippen LogP contribution in [0.25, 0.3) is 43.1 Å². The fourth-order valence-electron chi connectivity index (χ4n) is 6.77. The summed E-state index contributed by atoms with van der Waals surface area (Å²) in [6.45, 7) is 4.05. The van der Waals surface area contributed by atoms with E-state index in [9.17, 15) is 9.59 Å². The zero-order valence-corrected chi connectivity index (χ0v) is 30.5. The van der Waals surface area contributed by atoms with Gasteiger partial charge in [-0.1, -0.05) is 97.1 Å². The van der Waals surface area contributed by atoms with E-state index in [2.05, 4.69) is 12.1 Å². The van der Waals surface area contributed by atoms with Gasteiger partial charge in [0, 0.05) is 47.7 Å². The minimum Gasteiger partial charge on any atom is -0.482 e. The predicted octanol–water partition coefficient (Wildman–Crippen LogP) is 6.49. The van der Waals surface area contributed by atoms with Crippen molar-refractivity contribution >= 4 is 54.9 Å². The molecule has 0 spiro atoms. The fourth-order valence-corrected chi connectivity index (χ4v) is 6.77. The van der Waals surface area contributed by atoms with Crippen LogP contribution in [-0.4, -0.2) is 114 Å². The Morgan fingerprint density at radius 2 is 0.704 bits per heavy atom.